The molecule has 125 heavy (non-hydrogen) atoms. The van der Waals surface area contributed by atoms with Crippen LogP contribution in [0, 0.1) is 39.9 Å². The van der Waals surface area contributed by atoms with E-state index in [4.69, 9.17) is 66.8 Å². The monoisotopic (exact) mass is 1830 g/mol. The molecule has 0 unspecified atom stereocenters. The summed E-state index contributed by atoms with van der Waals surface area (Å²) in [5.74, 6) is -2.13. The molecule has 28 nitrogen and oxygen atoms in total. The van der Waals surface area contributed by atoms with Gasteiger partial charge in [-0.3, -0.25) is 52.8 Å². The zero-order valence-corrected chi connectivity index (χ0v) is 78.0. The van der Waals surface area contributed by atoms with Gasteiger partial charge in [-0.1, -0.05) is 118 Å². The molecule has 10 fully saturated rings. The number of halogens is 2. The molecule has 2 aromatic carbocycles. The van der Waals surface area contributed by atoms with Gasteiger partial charge in [0, 0.05) is 112 Å². The number of nitrogens with one attached hydrogen (secondary N) is 3. The van der Waals surface area contributed by atoms with Crippen LogP contribution in [-0.2, 0) is 69.5 Å². The third-order valence-corrected chi connectivity index (χ3v) is 32.6. The molecule has 6 aromatic rings. The number of fused-ring (bicyclic) bond motifs is 4. The second-order valence-corrected chi connectivity index (χ2v) is 44.5. The molecule has 4 saturated carbocycles. The Morgan fingerprint density at radius 2 is 1.12 bits per heavy atom. The number of benzene rings is 2. The van der Waals surface area contributed by atoms with Crippen molar-refractivity contribution in [2.24, 2.45) is 39.9 Å². The van der Waals surface area contributed by atoms with E-state index in [9.17, 15) is 45.6 Å². The minimum atomic E-state index is -3.89. The van der Waals surface area contributed by atoms with Crippen LogP contribution < -0.4 is 29.0 Å². The fraction of sp³-hybridized carbons (Fsp3) is 0.615. The first-order valence-corrected chi connectivity index (χ1v) is 49.9. The predicted octanol–water partition coefficient (Wildman–Crippen LogP) is 12.1. The lowest BCUT2D eigenvalue weighted by Crippen LogP contribution is -2.66. The van der Waals surface area contributed by atoms with Crippen LogP contribution >= 0.6 is 45.9 Å². The van der Waals surface area contributed by atoms with Crippen molar-refractivity contribution >= 4 is 129 Å². The van der Waals surface area contributed by atoms with Gasteiger partial charge in [0.1, 0.15) is 68.5 Å². The molecule has 676 valence electrons. The molecule has 4 aromatic heterocycles. The molecule has 34 heteroatoms. The van der Waals surface area contributed by atoms with Crippen molar-refractivity contribution in [2.75, 3.05) is 85.4 Å². The second kappa shape index (κ2) is 37.1. The van der Waals surface area contributed by atoms with Crippen LogP contribution in [0.15, 0.2) is 72.5 Å². The molecule has 10 heterocycles. The molecule has 16 rings (SSSR count). The van der Waals surface area contributed by atoms with Gasteiger partial charge >= 0.3 is 0 Å². The van der Waals surface area contributed by atoms with Crippen molar-refractivity contribution in [3.63, 3.8) is 0 Å². The first-order valence-electron chi connectivity index (χ1n) is 44.2. The van der Waals surface area contributed by atoms with Gasteiger partial charge in [-0.15, -0.1) is 35.8 Å². The Balaban J connectivity index is 0.000000194. The van der Waals surface area contributed by atoms with Crippen LogP contribution in [0.4, 0.5) is 0 Å². The molecule has 5 amide bonds. The number of ketones is 2. The number of piperazine rings is 2. The lowest BCUT2D eigenvalue weighted by molar-refractivity contribution is -0.161. The zero-order chi connectivity index (χ0) is 89.3. The third-order valence-electron chi connectivity index (χ3n) is 26.4. The largest absolute Gasteiger partial charge is 0.491 e. The van der Waals surface area contributed by atoms with Crippen molar-refractivity contribution in [3.8, 4) is 38.7 Å². The molecule has 0 bridgehead atoms. The maximum atomic E-state index is 15.0. The SMILES string of the molecule is C=C[C@@H]1C[C@]1(CC(=O)[C@@H]1C[C@@H](Oc2cc(-c3nc(C(C)C)cs3)nc3c(Cl)c(CCCN4CCOCC4)ccc23)[C@H]2CN[C@H](C(C)C)C(=O)N21)C(=O)NS(=O)(=O)C1CC1.C=C[C@@H]1C[C@]1(CC(=O)[C@@H]1C[C@@H](Oc2cc(-c3nc(C(C)C)cs3)nc3c(Cl)c(OCCN4CCOCC4)ccc23)[C@H]2CN(C(=O)CC(C)(C)C)[C@H](C(C)C)C(=O)N21)C(=O)NS(=O)(=O)C1CC1. The summed E-state index contributed by atoms with van der Waals surface area (Å²) in [5.41, 5.74) is 2.10. The molecular weight excluding hydrogens is 1720 g/mol. The Kier molecular flexibility index (Phi) is 27.3. The number of carbonyl (C=O) groups excluding carboxylic acids is 7. The molecule has 12 atom stereocenters. The second-order valence-electron chi connectivity index (χ2n) is 38.1. The average Bonchev–Trinajstić information content (AvgIpc) is 1.57. The number of aryl methyl sites for hydroxylation is 1. The van der Waals surface area contributed by atoms with E-state index >= 15 is 4.79 Å². The number of Topliss-reactive ketones (excluding diaryl/α,β-unsaturated/α-hetero) is 2. The fourth-order valence-corrected chi connectivity index (χ4v) is 23.9. The van der Waals surface area contributed by atoms with Gasteiger partial charge in [-0.05, 0) is 123 Å². The average molecular weight is 1840 g/mol. The summed E-state index contributed by atoms with van der Waals surface area (Å²) in [5, 5.41) is 9.78. The number of carbonyl (C=O) groups is 7. The van der Waals surface area contributed by atoms with Gasteiger partial charge in [0.25, 0.3) is 0 Å². The maximum Gasteiger partial charge on any atom is 0.246 e. The Morgan fingerprint density at radius 3 is 1.58 bits per heavy atom. The summed E-state index contributed by atoms with van der Waals surface area (Å²) in [7, 11) is -7.72. The lowest BCUT2D eigenvalue weighted by Gasteiger charge is -2.47. The first-order chi connectivity index (χ1) is 59.4. The number of aromatic nitrogens is 4. The highest BCUT2D eigenvalue weighted by molar-refractivity contribution is 7.91. The third kappa shape index (κ3) is 19.6. The highest BCUT2D eigenvalue weighted by Gasteiger charge is 2.65. The van der Waals surface area contributed by atoms with Crippen LogP contribution in [-0.4, -0.2) is 247 Å². The topological polar surface area (TPSA) is 338 Å². The Labute approximate surface area is 750 Å². The molecule has 4 aliphatic carbocycles. The van der Waals surface area contributed by atoms with Gasteiger partial charge in [-0.2, -0.15) is 0 Å². The quantitative estimate of drug-likeness (QED) is 0.0322. The number of morpholine rings is 2. The van der Waals surface area contributed by atoms with Crippen molar-refractivity contribution in [1.29, 1.82) is 0 Å². The van der Waals surface area contributed by atoms with Crippen molar-refractivity contribution in [2.45, 2.75) is 230 Å². The van der Waals surface area contributed by atoms with Crippen LogP contribution in [0.2, 0.25) is 10.0 Å². The molecule has 6 aliphatic heterocycles. The summed E-state index contributed by atoms with van der Waals surface area (Å²) >= 11 is 17.4. The molecule has 3 N–H and O–H groups in total. The molecular formula is C91H118Cl2N12O16S4. The van der Waals surface area contributed by atoms with Crippen molar-refractivity contribution < 1.29 is 74.1 Å². The van der Waals surface area contributed by atoms with E-state index in [2.05, 4.69) is 65.4 Å². The van der Waals surface area contributed by atoms with Crippen LogP contribution in [0.1, 0.15) is 182 Å². The van der Waals surface area contributed by atoms with E-state index in [1.54, 1.807) is 32.9 Å². The van der Waals surface area contributed by atoms with Crippen molar-refractivity contribution in [3.05, 3.63) is 99.5 Å². The number of hydrogen-bond acceptors (Lipinski definition) is 25. The van der Waals surface area contributed by atoms with Gasteiger partial charge in [0.05, 0.1) is 105 Å². The number of amides is 5. The Bertz CT molecular complexity index is 5390. The van der Waals surface area contributed by atoms with Crippen molar-refractivity contribution in [1.82, 2.24) is 59.2 Å². The minimum absolute atomic E-state index is 0.0385. The maximum absolute atomic E-state index is 15.0. The number of ether oxygens (including phenoxy) is 5. The number of pyridine rings is 2. The van der Waals surface area contributed by atoms with Crippen LogP contribution in [0.25, 0.3) is 43.2 Å². The minimum Gasteiger partial charge on any atom is -0.491 e. The summed E-state index contributed by atoms with van der Waals surface area (Å²) in [6, 6.07) is 6.85. The lowest BCUT2D eigenvalue weighted by atomic mass is 9.89. The number of allylic oxidation sites excluding steroid dienone is 2. The van der Waals surface area contributed by atoms with E-state index in [1.165, 1.54) is 22.7 Å². The van der Waals surface area contributed by atoms with E-state index in [-0.39, 0.29) is 109 Å². The van der Waals surface area contributed by atoms with E-state index in [0.717, 1.165) is 80.7 Å². The number of sulfonamides is 2. The van der Waals surface area contributed by atoms with Gasteiger partial charge < -0.3 is 43.7 Å². The highest BCUT2D eigenvalue weighted by atomic mass is 35.5. The smallest absolute Gasteiger partial charge is 0.246 e. The van der Waals surface area contributed by atoms with Gasteiger partial charge in [0.15, 0.2) is 11.6 Å². The number of hydrogen-bond donors (Lipinski definition) is 3. The predicted molar refractivity (Wildman–Crippen MR) is 481 cm³/mol. The van der Waals surface area contributed by atoms with E-state index in [1.807, 2.05) is 89.6 Å². The van der Waals surface area contributed by atoms with E-state index < -0.39 is 108 Å². The molecule has 0 radical (unpaired) electrons. The Hall–Kier alpha value is -7.63. The number of thiazole rings is 2. The van der Waals surface area contributed by atoms with Gasteiger partial charge in [-0.25, -0.2) is 36.8 Å². The normalized spacial score (nSPS) is 26.6. The summed E-state index contributed by atoms with van der Waals surface area (Å²) in [6.45, 7) is 38.6. The summed E-state index contributed by atoms with van der Waals surface area (Å²) < 4.78 is 87.4. The summed E-state index contributed by atoms with van der Waals surface area (Å²) in [4.78, 5) is 130. The van der Waals surface area contributed by atoms with E-state index in [0.29, 0.717) is 131 Å². The first kappa shape index (κ1) is 92.1. The Morgan fingerprint density at radius 1 is 0.640 bits per heavy atom. The standard InChI is InChI=1S/C48H63ClN6O9S2.C43H55ClN6O7S2/c1-9-29-22-48(29,46(59)52-66(60,61)30-10-11-30)23-36(56)34-21-39(35-25-54(40(57)24-47(6,7)8)43(28(4)5)45(58)55(34)35)64-38-20-32(44-51-33(26-65-44)27(2)3)50-42-31(38)12-13-37(41(42)49)63-19-16-53-14-17-62-18-15-53;1-6-27-20-43(27,42(53)48-59(54,55)28-10-11-28)21-34(51)32-19-36(33-22-45-38(25(4)5)41(52)50(32)33)57-35-18-30(40-47-31(23-58-40)24(2)3)46-39-29(35)12-9-26(37(39)44)8-7-13-49-14-16-56-17-15-49/h9,12-13,20,26-30,34-35,39,43H,1,10-11,14-19,21-25H2,2-8H3,(H,52,59);6,9,12,18,23-25,27-28,32-33,36,38,45H,1,7-8,10-11,13-17,19-22H2,2-5H3,(H,48,53)/t29-,34+,35-,39-,43-,48-;27-,32+,33-,36-,38-,43-/m11/s1. The molecule has 6 saturated heterocycles. The number of rotatable bonds is 33. The summed E-state index contributed by atoms with van der Waals surface area (Å²) in [6.07, 6.45) is 5.97. The van der Waals surface area contributed by atoms with Gasteiger partial charge in [0.2, 0.25) is 49.6 Å². The highest BCUT2D eigenvalue weighted by Crippen LogP contribution is 2.59. The number of nitrogens with zero attached hydrogens (tertiary/aromatic N) is 9. The molecule has 0 spiro atoms. The zero-order valence-electron chi connectivity index (χ0n) is 73.3. The molecule has 10 aliphatic rings. The van der Waals surface area contributed by atoms with Crippen LogP contribution in [0.3, 0.4) is 0 Å². The van der Waals surface area contributed by atoms with Crippen LogP contribution in [0.5, 0.6) is 17.2 Å². The fourth-order valence-electron chi connectivity index (χ4n) is 18.7.